The number of urea groups is 1. The number of nitrogens with zero attached hydrogens (tertiary/aromatic N) is 1. The van der Waals surface area contributed by atoms with Gasteiger partial charge in [-0.2, -0.15) is 0 Å². The molecule has 126 valence electrons. The molecule has 1 aliphatic heterocycles. The predicted octanol–water partition coefficient (Wildman–Crippen LogP) is 2.60. The summed E-state index contributed by atoms with van der Waals surface area (Å²) in [5.41, 5.74) is 6.46. The second-order valence-corrected chi connectivity index (χ2v) is 6.40. The maximum atomic E-state index is 12.3. The summed E-state index contributed by atoms with van der Waals surface area (Å²) in [6, 6.07) is 13.6. The molecule has 0 aromatic heterocycles. The second-order valence-electron chi connectivity index (χ2n) is 6.40. The van der Waals surface area contributed by atoms with Crippen LogP contribution in [0.15, 0.2) is 42.5 Å². The van der Waals surface area contributed by atoms with Gasteiger partial charge in [-0.25, -0.2) is 4.79 Å². The van der Waals surface area contributed by atoms with Gasteiger partial charge >= 0.3 is 6.03 Å². The third-order valence-corrected chi connectivity index (χ3v) is 4.80. The second kappa shape index (κ2) is 6.91. The molecule has 24 heavy (non-hydrogen) atoms. The van der Waals surface area contributed by atoms with E-state index in [1.54, 1.807) is 6.92 Å². The molecule has 2 aromatic rings. The Labute approximate surface area is 141 Å². The average molecular weight is 325 g/mol. The Hall–Kier alpha value is -2.56. The summed E-state index contributed by atoms with van der Waals surface area (Å²) < 4.78 is 0. The lowest BCUT2D eigenvalue weighted by atomic mass is 9.86. The van der Waals surface area contributed by atoms with Crippen molar-refractivity contribution in [3.8, 4) is 0 Å². The number of nitrogens with one attached hydrogen (secondary N) is 1. The van der Waals surface area contributed by atoms with E-state index in [0.717, 1.165) is 12.8 Å². The molecule has 0 unspecified atom stereocenters. The van der Waals surface area contributed by atoms with Crippen LogP contribution in [0.25, 0.3) is 10.8 Å². The summed E-state index contributed by atoms with van der Waals surface area (Å²) in [7, 11) is 0. The zero-order chi connectivity index (χ0) is 17.1. The fourth-order valence-electron chi connectivity index (χ4n) is 3.57. The lowest BCUT2D eigenvalue weighted by Crippen LogP contribution is -2.50. The minimum absolute atomic E-state index is 0.0647. The fourth-order valence-corrected chi connectivity index (χ4v) is 3.57. The number of amides is 3. The largest absolute Gasteiger partial charge is 0.352 e. The number of piperidine rings is 1. The molecule has 1 heterocycles. The molecular weight excluding hydrogens is 302 g/mol. The van der Waals surface area contributed by atoms with Crippen molar-refractivity contribution in [2.75, 3.05) is 13.1 Å². The van der Waals surface area contributed by atoms with Gasteiger partial charge in [0.05, 0.1) is 0 Å². The summed E-state index contributed by atoms with van der Waals surface area (Å²) >= 11 is 0. The monoisotopic (exact) mass is 325 g/mol. The Balaban J connectivity index is 1.68. The molecule has 5 nitrogen and oxygen atoms in total. The van der Waals surface area contributed by atoms with Gasteiger partial charge in [0.25, 0.3) is 0 Å². The molecule has 0 spiro atoms. The van der Waals surface area contributed by atoms with Crippen LogP contribution in [-0.4, -0.2) is 36.0 Å². The van der Waals surface area contributed by atoms with Gasteiger partial charge in [0.15, 0.2) is 0 Å². The first kappa shape index (κ1) is 16.3. The summed E-state index contributed by atoms with van der Waals surface area (Å²) in [5, 5.41) is 5.01. The number of fused-ring (bicyclic) bond motifs is 1. The molecule has 1 aliphatic rings. The van der Waals surface area contributed by atoms with E-state index in [1.807, 2.05) is 4.90 Å². The molecule has 3 N–H and O–H groups in total. The SMILES string of the molecule is C[C@@H](NC(N)=O)C(=O)N1CCC(c2cccc3ccccc23)CC1. The van der Waals surface area contributed by atoms with Gasteiger partial charge in [-0.3, -0.25) is 4.79 Å². The first-order valence-electron chi connectivity index (χ1n) is 8.38. The minimum Gasteiger partial charge on any atom is -0.352 e. The normalized spacial score (nSPS) is 16.8. The minimum atomic E-state index is -0.665. The average Bonchev–Trinajstić information content (AvgIpc) is 2.60. The van der Waals surface area contributed by atoms with Crippen LogP contribution in [0, 0.1) is 0 Å². The maximum absolute atomic E-state index is 12.3. The first-order valence-corrected chi connectivity index (χ1v) is 8.38. The highest BCUT2D eigenvalue weighted by atomic mass is 16.2. The lowest BCUT2D eigenvalue weighted by Gasteiger charge is -2.34. The Morgan fingerprint density at radius 2 is 1.79 bits per heavy atom. The van der Waals surface area contributed by atoms with Crippen LogP contribution in [0.1, 0.15) is 31.2 Å². The Morgan fingerprint density at radius 3 is 2.50 bits per heavy atom. The third-order valence-electron chi connectivity index (χ3n) is 4.80. The molecule has 0 saturated carbocycles. The quantitative estimate of drug-likeness (QED) is 0.910. The van der Waals surface area contributed by atoms with Gasteiger partial charge in [-0.1, -0.05) is 42.5 Å². The number of rotatable bonds is 3. The summed E-state index contributed by atoms with van der Waals surface area (Å²) in [5.74, 6) is 0.393. The summed E-state index contributed by atoms with van der Waals surface area (Å²) in [4.78, 5) is 25.1. The highest BCUT2D eigenvalue weighted by Gasteiger charge is 2.27. The van der Waals surface area contributed by atoms with E-state index in [2.05, 4.69) is 47.8 Å². The van der Waals surface area contributed by atoms with Crippen molar-refractivity contribution in [2.45, 2.75) is 31.7 Å². The number of nitrogens with two attached hydrogens (primary N) is 1. The van der Waals surface area contributed by atoms with Crippen molar-refractivity contribution in [3.63, 3.8) is 0 Å². The third kappa shape index (κ3) is 3.35. The molecule has 0 bridgehead atoms. The van der Waals surface area contributed by atoms with Crippen LogP contribution < -0.4 is 11.1 Å². The van der Waals surface area contributed by atoms with Crippen molar-refractivity contribution in [3.05, 3.63) is 48.0 Å². The van der Waals surface area contributed by atoms with Crippen LogP contribution >= 0.6 is 0 Å². The van der Waals surface area contributed by atoms with Crippen LogP contribution in [0.2, 0.25) is 0 Å². The van der Waals surface area contributed by atoms with E-state index in [-0.39, 0.29) is 5.91 Å². The molecule has 1 fully saturated rings. The molecule has 0 aliphatic carbocycles. The van der Waals surface area contributed by atoms with E-state index in [9.17, 15) is 9.59 Å². The number of likely N-dealkylation sites (tertiary alicyclic amines) is 1. The van der Waals surface area contributed by atoms with Gasteiger partial charge in [0.1, 0.15) is 6.04 Å². The van der Waals surface area contributed by atoms with Crippen LogP contribution in [-0.2, 0) is 4.79 Å². The van der Waals surface area contributed by atoms with Gasteiger partial charge < -0.3 is 16.0 Å². The van der Waals surface area contributed by atoms with Crippen molar-refractivity contribution >= 4 is 22.7 Å². The van der Waals surface area contributed by atoms with Gasteiger partial charge in [-0.15, -0.1) is 0 Å². The van der Waals surface area contributed by atoms with Crippen molar-refractivity contribution in [2.24, 2.45) is 5.73 Å². The highest BCUT2D eigenvalue weighted by Crippen LogP contribution is 2.33. The zero-order valence-corrected chi connectivity index (χ0v) is 13.9. The van der Waals surface area contributed by atoms with Crippen molar-refractivity contribution in [1.29, 1.82) is 0 Å². The predicted molar refractivity (Wildman–Crippen MR) is 94.7 cm³/mol. The van der Waals surface area contributed by atoms with Gasteiger partial charge in [-0.05, 0) is 42.0 Å². The molecule has 3 amide bonds. The molecule has 2 aromatic carbocycles. The molecule has 5 heteroatoms. The fraction of sp³-hybridized carbons (Fsp3) is 0.368. The maximum Gasteiger partial charge on any atom is 0.312 e. The van der Waals surface area contributed by atoms with Gasteiger partial charge in [0, 0.05) is 13.1 Å². The number of hydrogen-bond acceptors (Lipinski definition) is 2. The Kier molecular flexibility index (Phi) is 4.69. The van der Waals surface area contributed by atoms with E-state index < -0.39 is 12.1 Å². The van der Waals surface area contributed by atoms with E-state index in [4.69, 9.17) is 5.73 Å². The Morgan fingerprint density at radius 1 is 1.12 bits per heavy atom. The molecule has 3 rings (SSSR count). The van der Waals surface area contributed by atoms with Crippen LogP contribution in [0.3, 0.4) is 0 Å². The molecule has 1 atom stereocenters. The topological polar surface area (TPSA) is 75.4 Å². The number of hydrogen-bond donors (Lipinski definition) is 2. The van der Waals surface area contributed by atoms with E-state index in [0.29, 0.717) is 19.0 Å². The molecular formula is C19H23N3O2. The number of carbonyl (C=O) groups excluding carboxylic acids is 2. The number of primary amides is 1. The Bertz CT molecular complexity index is 746. The molecule has 1 saturated heterocycles. The van der Waals surface area contributed by atoms with Gasteiger partial charge in [0.2, 0.25) is 5.91 Å². The summed E-state index contributed by atoms with van der Waals surface area (Å²) in [6.07, 6.45) is 1.87. The van der Waals surface area contributed by atoms with Crippen LogP contribution in [0.4, 0.5) is 4.79 Å². The van der Waals surface area contributed by atoms with E-state index in [1.165, 1.54) is 16.3 Å². The standard InChI is InChI=1S/C19H23N3O2/c1-13(21-19(20)24)18(23)22-11-9-15(10-12-22)17-8-4-6-14-5-2-3-7-16(14)17/h2-8,13,15H,9-12H2,1H3,(H3,20,21,24)/t13-/m1/s1. The van der Waals surface area contributed by atoms with Crippen LogP contribution in [0.5, 0.6) is 0 Å². The smallest absolute Gasteiger partial charge is 0.312 e. The zero-order valence-electron chi connectivity index (χ0n) is 13.9. The van der Waals surface area contributed by atoms with Crippen molar-refractivity contribution < 1.29 is 9.59 Å². The molecule has 0 radical (unpaired) electrons. The number of carbonyl (C=O) groups is 2. The summed E-state index contributed by atoms with van der Waals surface area (Å²) in [6.45, 7) is 3.08. The first-order chi connectivity index (χ1) is 11.6. The van der Waals surface area contributed by atoms with Crippen molar-refractivity contribution in [1.82, 2.24) is 10.2 Å². The highest BCUT2D eigenvalue weighted by molar-refractivity contribution is 5.87. The number of benzene rings is 2. The lowest BCUT2D eigenvalue weighted by molar-refractivity contribution is -0.133. The van der Waals surface area contributed by atoms with E-state index >= 15 is 0 Å².